The van der Waals surface area contributed by atoms with E-state index in [1.165, 1.54) is 225 Å². The smallest absolute Gasteiger partial charge is 0.305 e. The Bertz CT molecular complexity index is 1190. The lowest BCUT2D eigenvalue weighted by Crippen LogP contribution is -2.45. The van der Waals surface area contributed by atoms with Crippen molar-refractivity contribution in [2.75, 3.05) is 13.2 Å². The number of ether oxygens (including phenoxy) is 1. The highest BCUT2D eigenvalue weighted by Crippen LogP contribution is 2.17. The SMILES string of the molecule is CCCCCCCC/C=C\CCCCCCCCCCCC(=O)OCCCCC/C=C\C=C/CCCCCCCCC(=O)NC(CO)C(O)/C=C/CCCCCCCCCCCCCCCCCCCC. The van der Waals surface area contributed by atoms with E-state index in [4.69, 9.17) is 4.74 Å². The van der Waals surface area contributed by atoms with E-state index >= 15 is 0 Å². The van der Waals surface area contributed by atoms with Gasteiger partial charge in [0.2, 0.25) is 5.91 Å². The van der Waals surface area contributed by atoms with Gasteiger partial charge in [0.1, 0.15) is 0 Å². The molecule has 1 amide bonds. The largest absolute Gasteiger partial charge is 0.466 e. The first kappa shape index (κ1) is 68.8. The number of carbonyl (C=O) groups excluding carboxylic acids is 2. The number of unbranched alkanes of at least 4 members (excludes halogenated alkanes) is 42. The van der Waals surface area contributed by atoms with Crippen LogP contribution >= 0.6 is 0 Å². The molecule has 0 aliphatic rings. The van der Waals surface area contributed by atoms with Crippen molar-refractivity contribution >= 4 is 11.9 Å². The van der Waals surface area contributed by atoms with Crippen molar-refractivity contribution in [1.82, 2.24) is 5.32 Å². The van der Waals surface area contributed by atoms with Gasteiger partial charge in [-0.05, 0) is 89.9 Å². The van der Waals surface area contributed by atoms with Crippen LogP contribution in [0.1, 0.15) is 328 Å². The number of allylic oxidation sites excluding steroid dienone is 7. The molecule has 6 heteroatoms. The van der Waals surface area contributed by atoms with E-state index in [0.717, 1.165) is 77.0 Å². The molecule has 0 aliphatic heterocycles. The lowest BCUT2D eigenvalue weighted by Gasteiger charge is -2.20. The third-order valence-corrected chi connectivity index (χ3v) is 14.3. The van der Waals surface area contributed by atoms with Crippen molar-refractivity contribution in [2.24, 2.45) is 0 Å². The van der Waals surface area contributed by atoms with E-state index in [2.05, 4.69) is 55.6 Å². The summed E-state index contributed by atoms with van der Waals surface area (Å²) in [6.45, 7) is 4.86. The van der Waals surface area contributed by atoms with Crippen LogP contribution in [0.25, 0.3) is 0 Å². The number of hydrogen-bond donors (Lipinski definition) is 3. The molecule has 6 nitrogen and oxygen atoms in total. The molecule has 0 aliphatic carbocycles. The van der Waals surface area contributed by atoms with E-state index in [9.17, 15) is 19.8 Å². The number of carbonyl (C=O) groups is 2. The standard InChI is InChI=1S/C65H121NO5/c1-3-5-7-9-11-13-15-17-19-21-23-25-26-29-33-37-41-45-49-53-57-63(68)62(61-67)66-64(69)58-54-50-46-42-38-34-30-28-32-36-40-44-48-52-56-60-71-65(70)59-55-51-47-43-39-35-31-27-24-22-20-18-16-14-12-10-8-6-4-2/h18,20,28,32,36,40,53,57,62-63,67-68H,3-17,19,21-27,29-31,33-35,37-39,41-52,54-56,58-61H2,1-2H3,(H,66,69)/b20-18-,32-28-,40-36-,57-53+. The van der Waals surface area contributed by atoms with Crippen molar-refractivity contribution in [3.05, 3.63) is 48.6 Å². The lowest BCUT2D eigenvalue weighted by molar-refractivity contribution is -0.143. The molecule has 0 saturated heterocycles. The van der Waals surface area contributed by atoms with Gasteiger partial charge in [0.25, 0.3) is 0 Å². The topological polar surface area (TPSA) is 95.9 Å². The third kappa shape index (κ3) is 57.0. The quantitative estimate of drug-likeness (QED) is 0.0244. The number of aliphatic hydroxyl groups is 2. The van der Waals surface area contributed by atoms with Crippen LogP contribution in [0, 0.1) is 0 Å². The lowest BCUT2D eigenvalue weighted by atomic mass is 10.0. The summed E-state index contributed by atoms with van der Waals surface area (Å²) in [5.74, 6) is -0.112. The van der Waals surface area contributed by atoms with Gasteiger partial charge in [-0.1, -0.05) is 274 Å². The Kier molecular flexibility index (Phi) is 58.5. The van der Waals surface area contributed by atoms with Gasteiger partial charge in [-0.25, -0.2) is 0 Å². The second kappa shape index (κ2) is 60.4. The first-order chi connectivity index (χ1) is 35.0. The molecule has 0 spiro atoms. The van der Waals surface area contributed by atoms with E-state index in [1.807, 2.05) is 6.08 Å². The number of aliphatic hydroxyl groups excluding tert-OH is 2. The minimum atomic E-state index is -0.861. The molecule has 0 rings (SSSR count). The van der Waals surface area contributed by atoms with Crippen LogP contribution < -0.4 is 5.32 Å². The highest BCUT2D eigenvalue weighted by atomic mass is 16.5. The number of nitrogens with one attached hydrogen (secondary N) is 1. The Morgan fingerprint density at radius 1 is 0.394 bits per heavy atom. The van der Waals surface area contributed by atoms with Gasteiger partial charge in [0.15, 0.2) is 0 Å². The van der Waals surface area contributed by atoms with Gasteiger partial charge in [0.05, 0.1) is 25.4 Å². The Morgan fingerprint density at radius 2 is 0.704 bits per heavy atom. The molecule has 0 aromatic heterocycles. The van der Waals surface area contributed by atoms with Crippen LogP contribution in [-0.2, 0) is 14.3 Å². The molecule has 0 heterocycles. The molecule has 2 unspecified atom stereocenters. The molecular formula is C65H121NO5. The summed E-state index contributed by atoms with van der Waals surface area (Å²) in [5, 5.41) is 23.2. The van der Waals surface area contributed by atoms with Crippen molar-refractivity contribution in [3.63, 3.8) is 0 Å². The van der Waals surface area contributed by atoms with E-state index < -0.39 is 12.1 Å². The van der Waals surface area contributed by atoms with Crippen LogP contribution in [0.2, 0.25) is 0 Å². The van der Waals surface area contributed by atoms with Crippen molar-refractivity contribution < 1.29 is 24.5 Å². The van der Waals surface area contributed by atoms with Gasteiger partial charge >= 0.3 is 5.97 Å². The number of rotatable bonds is 58. The summed E-state index contributed by atoms with van der Waals surface area (Å²) < 4.78 is 5.47. The van der Waals surface area contributed by atoms with E-state index in [0.29, 0.717) is 19.4 Å². The van der Waals surface area contributed by atoms with Crippen LogP contribution in [0.15, 0.2) is 48.6 Å². The van der Waals surface area contributed by atoms with Crippen LogP contribution in [0.5, 0.6) is 0 Å². The molecule has 416 valence electrons. The number of esters is 1. The van der Waals surface area contributed by atoms with Gasteiger partial charge in [-0.2, -0.15) is 0 Å². The van der Waals surface area contributed by atoms with Crippen molar-refractivity contribution in [2.45, 2.75) is 341 Å². The van der Waals surface area contributed by atoms with Gasteiger partial charge < -0.3 is 20.3 Å². The highest BCUT2D eigenvalue weighted by Gasteiger charge is 2.18. The zero-order chi connectivity index (χ0) is 51.4. The van der Waals surface area contributed by atoms with Crippen molar-refractivity contribution in [1.29, 1.82) is 0 Å². The molecule has 0 aromatic rings. The molecule has 3 N–H and O–H groups in total. The molecule has 0 fully saturated rings. The summed E-state index contributed by atoms with van der Waals surface area (Å²) in [5.41, 5.74) is 0. The molecule has 0 saturated carbocycles. The Hall–Kier alpha value is -2.18. The van der Waals surface area contributed by atoms with Crippen molar-refractivity contribution in [3.8, 4) is 0 Å². The third-order valence-electron chi connectivity index (χ3n) is 14.3. The molecule has 0 aromatic carbocycles. The second-order valence-electron chi connectivity index (χ2n) is 21.4. The van der Waals surface area contributed by atoms with Crippen LogP contribution in [-0.4, -0.2) is 47.4 Å². The monoisotopic (exact) mass is 996 g/mol. The van der Waals surface area contributed by atoms with Gasteiger partial charge in [0, 0.05) is 12.8 Å². The zero-order valence-corrected chi connectivity index (χ0v) is 47.5. The average Bonchev–Trinajstić information content (AvgIpc) is 3.37. The predicted molar refractivity (Wildman–Crippen MR) is 310 cm³/mol. The first-order valence-corrected chi connectivity index (χ1v) is 31.4. The van der Waals surface area contributed by atoms with E-state index in [-0.39, 0.29) is 18.5 Å². The fraction of sp³-hybridized carbons (Fsp3) is 0.846. The normalized spacial score (nSPS) is 12.9. The molecule has 0 bridgehead atoms. The number of hydrogen-bond acceptors (Lipinski definition) is 5. The Morgan fingerprint density at radius 3 is 1.08 bits per heavy atom. The minimum Gasteiger partial charge on any atom is -0.466 e. The number of amides is 1. The van der Waals surface area contributed by atoms with Crippen LogP contribution in [0.3, 0.4) is 0 Å². The first-order valence-electron chi connectivity index (χ1n) is 31.4. The molecule has 71 heavy (non-hydrogen) atoms. The molecule has 0 radical (unpaired) electrons. The summed E-state index contributed by atoms with van der Waals surface area (Å²) >= 11 is 0. The fourth-order valence-corrected chi connectivity index (χ4v) is 9.50. The maximum Gasteiger partial charge on any atom is 0.305 e. The predicted octanol–water partition coefficient (Wildman–Crippen LogP) is 19.7. The fourth-order valence-electron chi connectivity index (χ4n) is 9.50. The maximum atomic E-state index is 12.5. The summed E-state index contributed by atoms with van der Waals surface area (Å²) in [4.78, 5) is 24.6. The maximum absolute atomic E-state index is 12.5. The average molecular weight is 997 g/mol. The Labute approximate surface area is 442 Å². The summed E-state index contributed by atoms with van der Waals surface area (Å²) in [7, 11) is 0. The molecular weight excluding hydrogens is 875 g/mol. The molecule has 2 atom stereocenters. The summed E-state index contributed by atoms with van der Waals surface area (Å²) in [6.07, 6.45) is 77.2. The van der Waals surface area contributed by atoms with Crippen LogP contribution in [0.4, 0.5) is 0 Å². The van der Waals surface area contributed by atoms with Gasteiger partial charge in [-0.15, -0.1) is 0 Å². The zero-order valence-electron chi connectivity index (χ0n) is 47.5. The highest BCUT2D eigenvalue weighted by molar-refractivity contribution is 5.76. The minimum absolute atomic E-state index is 0.0232. The van der Waals surface area contributed by atoms with Gasteiger partial charge in [-0.3, -0.25) is 9.59 Å². The Balaban J connectivity index is 3.53. The summed E-state index contributed by atoms with van der Waals surface area (Å²) in [6, 6.07) is -0.646. The second-order valence-corrected chi connectivity index (χ2v) is 21.4. The van der Waals surface area contributed by atoms with E-state index in [1.54, 1.807) is 6.08 Å².